The van der Waals surface area contributed by atoms with Gasteiger partial charge >= 0.3 is 5.97 Å². The minimum atomic E-state index is -0.191. The van der Waals surface area contributed by atoms with Crippen LogP contribution in [0, 0.1) is 5.92 Å². The van der Waals surface area contributed by atoms with Crippen molar-refractivity contribution in [1.82, 2.24) is 9.80 Å². The van der Waals surface area contributed by atoms with Crippen molar-refractivity contribution in [3.63, 3.8) is 0 Å². The molecule has 1 amide bonds. The van der Waals surface area contributed by atoms with Crippen LogP contribution in [0.2, 0.25) is 0 Å². The van der Waals surface area contributed by atoms with Crippen LogP contribution >= 0.6 is 11.3 Å². The van der Waals surface area contributed by atoms with Crippen LogP contribution in [0.15, 0.2) is 30.2 Å². The topological polar surface area (TPSA) is 49.9 Å². The van der Waals surface area contributed by atoms with Gasteiger partial charge in [-0.15, -0.1) is 17.9 Å². The number of nitrogens with zero attached hydrogens (tertiary/aromatic N) is 2. The zero-order valence-electron chi connectivity index (χ0n) is 14.4. The van der Waals surface area contributed by atoms with Gasteiger partial charge in [0.25, 0.3) is 0 Å². The highest BCUT2D eigenvalue weighted by Gasteiger charge is 2.31. The van der Waals surface area contributed by atoms with Crippen molar-refractivity contribution in [1.29, 1.82) is 0 Å². The molecule has 1 aromatic rings. The van der Waals surface area contributed by atoms with Crippen molar-refractivity contribution < 1.29 is 14.3 Å². The molecule has 0 aromatic carbocycles. The number of methoxy groups -OCH3 is 1. The highest BCUT2D eigenvalue weighted by atomic mass is 32.1. The number of piperidine rings is 1. The number of likely N-dealkylation sites (tertiary alicyclic amines) is 1. The third kappa shape index (κ3) is 4.68. The van der Waals surface area contributed by atoms with Gasteiger partial charge in [-0.1, -0.05) is 12.1 Å². The molecule has 0 N–H and O–H groups in total. The summed E-state index contributed by atoms with van der Waals surface area (Å²) in [5.41, 5.74) is 0. The maximum atomic E-state index is 12.9. The van der Waals surface area contributed by atoms with Crippen LogP contribution in [0.3, 0.4) is 0 Å². The molecule has 1 aliphatic heterocycles. The summed E-state index contributed by atoms with van der Waals surface area (Å²) in [7, 11) is 1.43. The van der Waals surface area contributed by atoms with Crippen LogP contribution in [-0.4, -0.2) is 54.5 Å². The molecule has 5 nitrogen and oxygen atoms in total. The lowest BCUT2D eigenvalue weighted by Gasteiger charge is -2.36. The Bertz CT molecular complexity index is 551. The maximum absolute atomic E-state index is 12.9. The predicted octanol–water partition coefficient (Wildman–Crippen LogP) is 2.54. The smallest absolute Gasteiger partial charge is 0.308 e. The van der Waals surface area contributed by atoms with Crippen molar-refractivity contribution in [2.24, 2.45) is 5.92 Å². The number of thiophene rings is 1. The molecular weight excluding hydrogens is 324 g/mol. The van der Waals surface area contributed by atoms with E-state index in [1.54, 1.807) is 17.4 Å². The minimum absolute atomic E-state index is 0.0380. The van der Waals surface area contributed by atoms with Crippen molar-refractivity contribution in [2.75, 3.05) is 26.7 Å². The van der Waals surface area contributed by atoms with Gasteiger partial charge in [0.15, 0.2) is 0 Å². The molecule has 0 bridgehead atoms. The van der Waals surface area contributed by atoms with Crippen molar-refractivity contribution in [2.45, 2.75) is 32.4 Å². The Balaban J connectivity index is 1.94. The standard InChI is InChI=1S/C18H26N2O3S/c1-4-9-20(13-16-6-5-12-24-16)17(21)14(2)19-10-7-15(8-11-19)18(22)23-3/h4-6,12,14-15H,1,7-11,13H2,2-3H3. The third-order valence-electron chi connectivity index (χ3n) is 4.56. The first-order chi connectivity index (χ1) is 11.6. The number of hydrogen-bond donors (Lipinski definition) is 0. The molecule has 1 saturated heterocycles. The molecule has 0 radical (unpaired) electrons. The molecular formula is C18H26N2O3S. The van der Waals surface area contributed by atoms with Gasteiger partial charge in [0.2, 0.25) is 5.91 Å². The number of amides is 1. The molecule has 2 heterocycles. The van der Waals surface area contributed by atoms with E-state index in [-0.39, 0.29) is 23.8 Å². The van der Waals surface area contributed by atoms with Crippen molar-refractivity contribution in [3.05, 3.63) is 35.0 Å². The van der Waals surface area contributed by atoms with E-state index in [4.69, 9.17) is 4.74 Å². The molecule has 1 aromatic heterocycles. The molecule has 0 saturated carbocycles. The van der Waals surface area contributed by atoms with E-state index in [0.29, 0.717) is 13.1 Å². The first-order valence-electron chi connectivity index (χ1n) is 8.30. The Morgan fingerprint density at radius 3 is 2.75 bits per heavy atom. The van der Waals surface area contributed by atoms with Gasteiger partial charge in [-0.3, -0.25) is 14.5 Å². The Morgan fingerprint density at radius 1 is 1.50 bits per heavy atom. The summed E-state index contributed by atoms with van der Waals surface area (Å²) in [4.78, 5) is 29.7. The molecule has 1 atom stereocenters. The average molecular weight is 350 g/mol. The van der Waals surface area contributed by atoms with Crippen molar-refractivity contribution >= 4 is 23.2 Å². The first-order valence-corrected chi connectivity index (χ1v) is 9.18. The number of esters is 1. The van der Waals surface area contributed by atoms with E-state index in [9.17, 15) is 9.59 Å². The largest absolute Gasteiger partial charge is 0.469 e. The van der Waals surface area contributed by atoms with E-state index >= 15 is 0 Å². The lowest BCUT2D eigenvalue weighted by Crippen LogP contribution is -2.50. The van der Waals surface area contributed by atoms with Gasteiger partial charge in [-0.2, -0.15) is 0 Å². The molecule has 2 rings (SSSR count). The Labute approximate surface area is 147 Å². The lowest BCUT2D eigenvalue weighted by molar-refractivity contribution is -0.147. The van der Waals surface area contributed by atoms with E-state index < -0.39 is 0 Å². The number of hydrogen-bond acceptors (Lipinski definition) is 5. The number of carbonyl (C=O) groups excluding carboxylic acids is 2. The van der Waals surface area contributed by atoms with E-state index in [1.807, 2.05) is 29.3 Å². The molecule has 0 aliphatic carbocycles. The molecule has 0 spiro atoms. The van der Waals surface area contributed by atoms with Gasteiger partial charge < -0.3 is 9.64 Å². The summed E-state index contributed by atoms with van der Waals surface area (Å²) < 4.78 is 4.82. The van der Waals surface area contributed by atoms with Crippen LogP contribution in [0.25, 0.3) is 0 Å². The van der Waals surface area contributed by atoms with Gasteiger partial charge in [-0.05, 0) is 44.3 Å². The molecule has 1 unspecified atom stereocenters. The quantitative estimate of drug-likeness (QED) is 0.560. The second kappa shape index (κ2) is 8.99. The normalized spacial score (nSPS) is 17.2. The van der Waals surface area contributed by atoms with Crippen LogP contribution in [0.4, 0.5) is 0 Å². The summed E-state index contributed by atoms with van der Waals surface area (Å²) in [6.45, 7) is 8.36. The monoisotopic (exact) mass is 350 g/mol. The van der Waals surface area contributed by atoms with Crippen LogP contribution in [0.1, 0.15) is 24.6 Å². The lowest BCUT2D eigenvalue weighted by atomic mass is 9.96. The van der Waals surface area contributed by atoms with Crippen molar-refractivity contribution in [3.8, 4) is 0 Å². The minimum Gasteiger partial charge on any atom is -0.469 e. The van der Waals surface area contributed by atoms with E-state index in [0.717, 1.165) is 25.9 Å². The highest BCUT2D eigenvalue weighted by molar-refractivity contribution is 7.09. The van der Waals surface area contributed by atoms with Crippen LogP contribution in [0.5, 0.6) is 0 Å². The average Bonchev–Trinajstić information content (AvgIpc) is 3.12. The molecule has 1 aliphatic rings. The highest BCUT2D eigenvalue weighted by Crippen LogP contribution is 2.21. The zero-order chi connectivity index (χ0) is 17.5. The van der Waals surface area contributed by atoms with Gasteiger partial charge in [0.1, 0.15) is 0 Å². The summed E-state index contributed by atoms with van der Waals surface area (Å²) in [6.07, 6.45) is 3.26. The second-order valence-electron chi connectivity index (χ2n) is 6.10. The maximum Gasteiger partial charge on any atom is 0.308 e. The second-order valence-corrected chi connectivity index (χ2v) is 7.13. The zero-order valence-corrected chi connectivity index (χ0v) is 15.3. The molecule has 6 heteroatoms. The third-order valence-corrected chi connectivity index (χ3v) is 5.42. The Morgan fingerprint density at radius 2 is 2.21 bits per heavy atom. The number of ether oxygens (including phenoxy) is 1. The van der Waals surface area contributed by atoms with Crippen LogP contribution < -0.4 is 0 Å². The summed E-state index contributed by atoms with van der Waals surface area (Å²) in [6, 6.07) is 3.85. The molecule has 132 valence electrons. The summed E-state index contributed by atoms with van der Waals surface area (Å²) in [5.74, 6) is -0.0663. The van der Waals surface area contributed by atoms with Crippen LogP contribution in [-0.2, 0) is 20.9 Å². The summed E-state index contributed by atoms with van der Waals surface area (Å²) >= 11 is 1.65. The fraction of sp³-hybridized carbons (Fsp3) is 0.556. The number of carbonyl (C=O) groups is 2. The molecule has 1 fully saturated rings. The fourth-order valence-corrected chi connectivity index (χ4v) is 3.81. The van der Waals surface area contributed by atoms with E-state index in [1.165, 1.54) is 12.0 Å². The predicted molar refractivity (Wildman–Crippen MR) is 95.7 cm³/mol. The fourth-order valence-electron chi connectivity index (χ4n) is 3.09. The molecule has 24 heavy (non-hydrogen) atoms. The van der Waals surface area contributed by atoms with E-state index in [2.05, 4.69) is 11.5 Å². The van der Waals surface area contributed by atoms with Gasteiger partial charge in [0.05, 0.1) is 25.6 Å². The first kappa shape index (κ1) is 18.7. The van der Waals surface area contributed by atoms with Gasteiger partial charge in [0, 0.05) is 11.4 Å². The summed E-state index contributed by atoms with van der Waals surface area (Å²) in [5, 5.41) is 2.02. The Kier molecular flexibility index (Phi) is 6.99. The van der Waals surface area contributed by atoms with Gasteiger partial charge in [-0.25, -0.2) is 0 Å². The number of rotatable bonds is 7. The Hall–Kier alpha value is -1.66. The SMILES string of the molecule is C=CCN(Cc1cccs1)C(=O)C(C)N1CCC(C(=O)OC)CC1.